The minimum atomic E-state index is -2.97. The van der Waals surface area contributed by atoms with E-state index in [0.717, 1.165) is 0 Å². The first-order valence-electron chi connectivity index (χ1n) is 3.35. The highest BCUT2D eigenvalue weighted by Crippen LogP contribution is 2.67. The van der Waals surface area contributed by atoms with E-state index in [4.69, 9.17) is 33.7 Å². The fourth-order valence-corrected chi connectivity index (χ4v) is 1.97. The van der Waals surface area contributed by atoms with E-state index in [1.807, 2.05) is 0 Å². The van der Waals surface area contributed by atoms with Gasteiger partial charge in [-0.05, 0) is 39.8 Å². The molecular weight excluding hydrogens is 269 g/mol. The van der Waals surface area contributed by atoms with Crippen LogP contribution < -0.4 is 0 Å². The summed E-state index contributed by atoms with van der Waals surface area (Å²) in [6.07, 6.45) is 0. The second kappa shape index (κ2) is 4.49. The van der Waals surface area contributed by atoms with Gasteiger partial charge in [-0.2, -0.15) is 0 Å². The predicted octanol–water partition coefficient (Wildman–Crippen LogP) is 4.89. The zero-order valence-electron chi connectivity index (χ0n) is 6.60. The number of nitrogens with zero attached hydrogens (tertiary/aromatic N) is 2. The Morgan fingerprint density at radius 1 is 1.29 bits per heavy atom. The zero-order chi connectivity index (χ0) is 10.8. The van der Waals surface area contributed by atoms with Gasteiger partial charge in [0.2, 0.25) is 5.11 Å². The number of hydrogen-bond acceptors (Lipinski definition) is 3. The van der Waals surface area contributed by atoms with Crippen molar-refractivity contribution in [1.82, 2.24) is 0 Å². The second-order valence-corrected chi connectivity index (χ2v) is 9.26. The highest BCUT2D eigenvalue weighted by Gasteiger charge is 2.15. The van der Waals surface area contributed by atoms with Crippen LogP contribution in [0.25, 0.3) is 0 Å². The van der Waals surface area contributed by atoms with Gasteiger partial charge in [-0.25, -0.2) is 4.74 Å². The molecule has 14 heavy (non-hydrogen) atoms. The van der Waals surface area contributed by atoms with Crippen LogP contribution in [0.5, 0.6) is 0 Å². The van der Waals surface area contributed by atoms with Crippen molar-refractivity contribution in [2.45, 2.75) is 0 Å². The zero-order valence-corrected chi connectivity index (χ0v) is 9.76. The molecule has 0 N–H and O–H groups in total. The van der Waals surface area contributed by atoms with Gasteiger partial charge in [0.15, 0.2) is 0 Å². The Kier molecular flexibility index (Phi) is 3.78. The summed E-state index contributed by atoms with van der Waals surface area (Å²) in [5, 5.41) is 7.57. The first kappa shape index (κ1) is 11.8. The fraction of sp³-hybridized carbons (Fsp3) is 0. The van der Waals surface area contributed by atoms with Crippen LogP contribution in [0, 0.1) is 10.1 Å². The van der Waals surface area contributed by atoms with Crippen LogP contribution in [0.3, 0.4) is 0 Å². The molecule has 0 saturated heterocycles. The van der Waals surface area contributed by atoms with Gasteiger partial charge in [0.1, 0.15) is 5.69 Å². The number of nitro benzene ring substituents is 1. The molecule has 1 aromatic carbocycles. The first-order valence-corrected chi connectivity index (χ1v) is 7.80. The summed E-state index contributed by atoms with van der Waals surface area (Å²) in [7, 11) is 0. The quantitative estimate of drug-likeness (QED) is 0.437. The van der Waals surface area contributed by atoms with E-state index in [2.05, 4.69) is 4.74 Å². The van der Waals surface area contributed by atoms with Crippen LogP contribution in [-0.2, 0) is 0 Å². The SMILES string of the molecule is O=[N+]([O-])c1ccccc1N=P(Cl)(Cl)Cl. The third-order valence-corrected chi connectivity index (χ3v) is 2.42. The lowest BCUT2D eigenvalue weighted by Crippen LogP contribution is -1.86. The smallest absolute Gasteiger partial charge is 0.258 e. The van der Waals surface area contributed by atoms with E-state index in [9.17, 15) is 10.1 Å². The predicted molar refractivity (Wildman–Crippen MR) is 59.7 cm³/mol. The molecule has 0 bridgehead atoms. The van der Waals surface area contributed by atoms with Crippen molar-refractivity contribution in [2.75, 3.05) is 0 Å². The normalized spacial score (nSPS) is 11.1. The van der Waals surface area contributed by atoms with Gasteiger partial charge in [-0.3, -0.25) is 10.1 Å². The molecule has 0 fully saturated rings. The minimum Gasteiger partial charge on any atom is -0.258 e. The third kappa shape index (κ3) is 3.46. The average molecular weight is 273 g/mol. The molecule has 0 aliphatic carbocycles. The lowest BCUT2D eigenvalue weighted by atomic mass is 10.3. The largest absolute Gasteiger partial charge is 0.294 e. The lowest BCUT2D eigenvalue weighted by molar-refractivity contribution is -0.384. The van der Waals surface area contributed by atoms with E-state index in [0.29, 0.717) is 0 Å². The number of benzene rings is 1. The molecular formula is C6H4Cl3N2O2P. The highest BCUT2D eigenvalue weighted by atomic mass is 36.0. The Morgan fingerprint density at radius 3 is 2.36 bits per heavy atom. The summed E-state index contributed by atoms with van der Waals surface area (Å²) in [6.45, 7) is 0. The molecule has 0 aromatic heterocycles. The van der Waals surface area contributed by atoms with Crippen LogP contribution in [0.1, 0.15) is 0 Å². The number of halogens is 3. The number of nitro groups is 1. The Morgan fingerprint density at radius 2 is 1.86 bits per heavy atom. The summed E-state index contributed by atoms with van der Waals surface area (Å²) in [5.74, 6) is 0. The molecule has 0 aliphatic rings. The van der Waals surface area contributed by atoms with Crippen LogP contribution in [0.15, 0.2) is 29.0 Å². The van der Waals surface area contributed by atoms with Crippen molar-refractivity contribution in [3.05, 3.63) is 34.4 Å². The molecule has 0 unspecified atom stereocenters. The molecule has 0 saturated carbocycles. The highest BCUT2D eigenvalue weighted by molar-refractivity contribution is 8.26. The summed E-state index contributed by atoms with van der Waals surface area (Å²) in [4.78, 5) is 9.97. The van der Waals surface area contributed by atoms with Crippen molar-refractivity contribution in [3.63, 3.8) is 0 Å². The molecule has 76 valence electrons. The third-order valence-electron chi connectivity index (χ3n) is 1.30. The van der Waals surface area contributed by atoms with Crippen molar-refractivity contribution in [1.29, 1.82) is 0 Å². The van der Waals surface area contributed by atoms with E-state index >= 15 is 0 Å². The molecule has 0 radical (unpaired) electrons. The van der Waals surface area contributed by atoms with Crippen molar-refractivity contribution < 1.29 is 4.92 Å². The van der Waals surface area contributed by atoms with Gasteiger partial charge in [-0.15, -0.1) is 0 Å². The molecule has 0 amide bonds. The fourth-order valence-electron chi connectivity index (χ4n) is 0.825. The number of rotatable bonds is 2. The minimum absolute atomic E-state index is 0.0887. The van der Waals surface area contributed by atoms with Gasteiger partial charge >= 0.3 is 0 Å². The van der Waals surface area contributed by atoms with E-state index in [1.165, 1.54) is 18.2 Å². The average Bonchev–Trinajstić information content (AvgIpc) is 2.01. The van der Waals surface area contributed by atoms with Gasteiger partial charge < -0.3 is 0 Å². The molecule has 8 heteroatoms. The summed E-state index contributed by atoms with van der Waals surface area (Å²) >= 11 is 16.5. The topological polar surface area (TPSA) is 55.5 Å². The maximum atomic E-state index is 10.5. The molecule has 0 aliphatic heterocycles. The lowest BCUT2D eigenvalue weighted by Gasteiger charge is -1.99. The molecule has 4 nitrogen and oxygen atoms in total. The molecule has 1 rings (SSSR count). The van der Waals surface area contributed by atoms with E-state index in [-0.39, 0.29) is 11.4 Å². The van der Waals surface area contributed by atoms with Gasteiger partial charge in [-0.1, -0.05) is 12.1 Å². The maximum Gasteiger partial charge on any atom is 0.294 e. The van der Waals surface area contributed by atoms with Crippen LogP contribution in [0.2, 0.25) is 0 Å². The maximum absolute atomic E-state index is 10.5. The van der Waals surface area contributed by atoms with Crippen molar-refractivity contribution >= 4 is 50.2 Å². The molecule has 1 aromatic rings. The Balaban J connectivity index is 3.29. The van der Waals surface area contributed by atoms with Crippen LogP contribution in [-0.4, -0.2) is 4.92 Å². The first-order chi connectivity index (χ1) is 6.40. The Labute approximate surface area is 94.4 Å². The van der Waals surface area contributed by atoms with Crippen molar-refractivity contribution in [2.24, 2.45) is 4.74 Å². The number of hydrogen-bond donors (Lipinski definition) is 0. The Bertz CT molecular complexity index is 409. The van der Waals surface area contributed by atoms with E-state index < -0.39 is 10.0 Å². The van der Waals surface area contributed by atoms with Crippen molar-refractivity contribution in [3.8, 4) is 0 Å². The van der Waals surface area contributed by atoms with E-state index in [1.54, 1.807) is 6.07 Å². The summed E-state index contributed by atoms with van der Waals surface area (Å²) < 4.78 is 3.68. The van der Waals surface area contributed by atoms with Gasteiger partial charge in [0.25, 0.3) is 5.69 Å². The molecule has 0 atom stereocenters. The Hall–Kier alpha value is -0.280. The standard InChI is InChI=1S/C6H4Cl3N2O2P/c7-14(8,9)10-5-3-1-2-4-6(5)11(12)13/h1-4H. The second-order valence-electron chi connectivity index (χ2n) is 2.26. The molecule has 0 heterocycles. The van der Waals surface area contributed by atoms with Gasteiger partial charge in [0, 0.05) is 6.07 Å². The summed E-state index contributed by atoms with van der Waals surface area (Å²) in [6, 6.07) is 5.85. The van der Waals surface area contributed by atoms with Crippen LogP contribution in [0.4, 0.5) is 11.4 Å². The number of para-hydroxylation sites is 1. The monoisotopic (exact) mass is 272 g/mol. The molecule has 0 spiro atoms. The van der Waals surface area contributed by atoms with Gasteiger partial charge in [0.05, 0.1) is 4.92 Å². The summed E-state index contributed by atoms with van der Waals surface area (Å²) in [5.41, 5.74) is -0.0790. The van der Waals surface area contributed by atoms with Crippen LogP contribution >= 0.6 is 38.8 Å².